The predicted octanol–water partition coefficient (Wildman–Crippen LogP) is 3.89. The molecule has 7 heteroatoms. The van der Waals surface area contributed by atoms with Crippen molar-refractivity contribution in [1.29, 1.82) is 5.26 Å². The first kappa shape index (κ1) is 15.0. The van der Waals surface area contributed by atoms with Crippen molar-refractivity contribution in [3.8, 4) is 6.07 Å². The Morgan fingerprint density at radius 3 is 2.62 bits per heavy atom. The zero-order valence-corrected chi connectivity index (χ0v) is 12.0. The fourth-order valence-electron chi connectivity index (χ4n) is 1.78. The lowest BCUT2D eigenvalue weighted by Crippen LogP contribution is -2.05. The summed E-state index contributed by atoms with van der Waals surface area (Å²) in [6.45, 7) is 0. The standard InChI is InChI=1S/C14H9Cl2N3O2/c15-8-2-1-7(6-17)12(3-8)19-13-10(14(20)21)4-9(18)5-11(13)16/h1-5,19H,18H2,(H,20,21). The van der Waals surface area contributed by atoms with Crippen LogP contribution in [-0.2, 0) is 0 Å². The molecule has 0 unspecified atom stereocenters. The highest BCUT2D eigenvalue weighted by Crippen LogP contribution is 2.33. The van der Waals surface area contributed by atoms with Crippen molar-refractivity contribution in [3.05, 3.63) is 51.5 Å². The van der Waals surface area contributed by atoms with Gasteiger partial charge in [-0.05, 0) is 30.3 Å². The van der Waals surface area contributed by atoms with Crippen LogP contribution in [-0.4, -0.2) is 11.1 Å². The van der Waals surface area contributed by atoms with E-state index < -0.39 is 5.97 Å². The summed E-state index contributed by atoms with van der Waals surface area (Å²) in [7, 11) is 0. The van der Waals surface area contributed by atoms with Crippen LogP contribution in [0, 0.1) is 11.3 Å². The molecule has 0 aliphatic carbocycles. The van der Waals surface area contributed by atoms with Gasteiger partial charge in [0, 0.05) is 10.7 Å². The molecule has 0 spiro atoms. The Kier molecular flexibility index (Phi) is 4.22. The minimum Gasteiger partial charge on any atom is -0.478 e. The average Bonchev–Trinajstić information content (AvgIpc) is 2.41. The second kappa shape index (κ2) is 5.92. The summed E-state index contributed by atoms with van der Waals surface area (Å²) in [6, 6.07) is 9.29. The van der Waals surface area contributed by atoms with E-state index in [4.69, 9.17) is 34.2 Å². The van der Waals surface area contributed by atoms with Crippen molar-refractivity contribution in [3.63, 3.8) is 0 Å². The Morgan fingerprint density at radius 1 is 1.29 bits per heavy atom. The largest absolute Gasteiger partial charge is 0.478 e. The van der Waals surface area contributed by atoms with Gasteiger partial charge in [0.05, 0.1) is 27.5 Å². The number of anilines is 3. The van der Waals surface area contributed by atoms with Crippen LogP contribution in [0.2, 0.25) is 10.0 Å². The first-order valence-electron chi connectivity index (χ1n) is 5.71. The Labute approximate surface area is 130 Å². The molecule has 0 radical (unpaired) electrons. The number of aromatic carboxylic acids is 1. The SMILES string of the molecule is N#Cc1ccc(Cl)cc1Nc1c(Cl)cc(N)cc1C(=O)O. The molecule has 0 bridgehead atoms. The van der Waals surface area contributed by atoms with Crippen LogP contribution in [0.3, 0.4) is 0 Å². The van der Waals surface area contributed by atoms with Gasteiger partial charge < -0.3 is 16.2 Å². The minimum atomic E-state index is -1.19. The lowest BCUT2D eigenvalue weighted by atomic mass is 10.1. The molecule has 5 nitrogen and oxygen atoms in total. The molecule has 0 saturated carbocycles. The van der Waals surface area contributed by atoms with Gasteiger partial charge in [0.1, 0.15) is 6.07 Å². The third-order valence-electron chi connectivity index (χ3n) is 2.70. The van der Waals surface area contributed by atoms with E-state index in [9.17, 15) is 9.90 Å². The average molecular weight is 322 g/mol. The molecule has 2 rings (SSSR count). The van der Waals surface area contributed by atoms with Crippen LogP contribution in [0.5, 0.6) is 0 Å². The number of carboxylic acids is 1. The van der Waals surface area contributed by atoms with Crippen molar-refractivity contribution in [2.24, 2.45) is 0 Å². The Balaban J connectivity index is 2.57. The molecule has 4 N–H and O–H groups in total. The summed E-state index contributed by atoms with van der Waals surface area (Å²) in [5, 5.41) is 21.7. The maximum Gasteiger partial charge on any atom is 0.337 e. The number of nitrogens with zero attached hydrogens (tertiary/aromatic N) is 1. The molecule has 0 aromatic heterocycles. The van der Waals surface area contributed by atoms with Crippen LogP contribution < -0.4 is 11.1 Å². The molecule has 0 fully saturated rings. The molecule has 2 aromatic carbocycles. The molecule has 0 saturated heterocycles. The van der Waals surface area contributed by atoms with Crippen LogP contribution in [0.1, 0.15) is 15.9 Å². The summed E-state index contributed by atoms with van der Waals surface area (Å²) < 4.78 is 0. The van der Waals surface area contributed by atoms with Gasteiger partial charge in [0.25, 0.3) is 0 Å². The molecule has 2 aromatic rings. The maximum atomic E-state index is 11.3. The van der Waals surface area contributed by atoms with Crippen molar-refractivity contribution >= 4 is 46.2 Å². The molecule has 0 aliphatic rings. The van der Waals surface area contributed by atoms with Crippen molar-refractivity contribution < 1.29 is 9.90 Å². The summed E-state index contributed by atoms with van der Waals surface area (Å²) in [5.41, 5.74) is 6.55. The van der Waals surface area contributed by atoms with Gasteiger partial charge in [0.2, 0.25) is 0 Å². The molecule has 0 heterocycles. The quantitative estimate of drug-likeness (QED) is 0.745. The van der Waals surface area contributed by atoms with E-state index in [0.29, 0.717) is 16.3 Å². The number of carboxylic acid groups (broad SMARTS) is 1. The molecule has 0 aliphatic heterocycles. The maximum absolute atomic E-state index is 11.3. The van der Waals surface area contributed by atoms with Gasteiger partial charge >= 0.3 is 5.97 Å². The highest BCUT2D eigenvalue weighted by atomic mass is 35.5. The van der Waals surface area contributed by atoms with Crippen molar-refractivity contribution in [2.75, 3.05) is 11.1 Å². The first-order valence-corrected chi connectivity index (χ1v) is 6.47. The number of nitriles is 1. The number of hydrogen-bond donors (Lipinski definition) is 3. The van der Waals surface area contributed by atoms with Gasteiger partial charge in [-0.2, -0.15) is 5.26 Å². The summed E-state index contributed by atoms with van der Waals surface area (Å²) >= 11 is 11.9. The van der Waals surface area contributed by atoms with Crippen LogP contribution in [0.25, 0.3) is 0 Å². The van der Waals surface area contributed by atoms with E-state index in [1.807, 2.05) is 6.07 Å². The van der Waals surface area contributed by atoms with E-state index >= 15 is 0 Å². The number of nitrogens with one attached hydrogen (secondary N) is 1. The van der Waals surface area contributed by atoms with E-state index in [1.165, 1.54) is 24.3 Å². The smallest absolute Gasteiger partial charge is 0.337 e. The number of halogens is 2. The zero-order valence-electron chi connectivity index (χ0n) is 10.5. The number of nitrogen functional groups attached to an aromatic ring is 1. The molecular weight excluding hydrogens is 313 g/mol. The van der Waals surface area contributed by atoms with Gasteiger partial charge in [-0.15, -0.1) is 0 Å². The Bertz CT molecular complexity index is 770. The van der Waals surface area contributed by atoms with E-state index in [2.05, 4.69) is 5.32 Å². The van der Waals surface area contributed by atoms with Gasteiger partial charge in [0.15, 0.2) is 0 Å². The number of hydrogen-bond acceptors (Lipinski definition) is 4. The first-order chi connectivity index (χ1) is 9.92. The van der Waals surface area contributed by atoms with Crippen LogP contribution in [0.4, 0.5) is 17.1 Å². The van der Waals surface area contributed by atoms with E-state index in [0.717, 1.165) is 0 Å². The molecule has 106 valence electrons. The monoisotopic (exact) mass is 321 g/mol. The number of carbonyl (C=O) groups is 1. The fraction of sp³-hybridized carbons (Fsp3) is 0. The van der Waals surface area contributed by atoms with Gasteiger partial charge in [-0.1, -0.05) is 23.2 Å². The Hall–Kier alpha value is -2.42. The number of rotatable bonds is 3. The topological polar surface area (TPSA) is 99.1 Å². The fourth-order valence-corrected chi connectivity index (χ4v) is 2.22. The van der Waals surface area contributed by atoms with Gasteiger partial charge in [-0.3, -0.25) is 0 Å². The Morgan fingerprint density at radius 2 is 2.00 bits per heavy atom. The van der Waals surface area contributed by atoms with E-state index in [-0.39, 0.29) is 22.0 Å². The number of benzene rings is 2. The van der Waals surface area contributed by atoms with Crippen LogP contribution in [0.15, 0.2) is 30.3 Å². The van der Waals surface area contributed by atoms with Crippen molar-refractivity contribution in [1.82, 2.24) is 0 Å². The summed E-state index contributed by atoms with van der Waals surface area (Å²) in [5.74, 6) is -1.19. The highest BCUT2D eigenvalue weighted by molar-refractivity contribution is 6.34. The molecule has 0 atom stereocenters. The third-order valence-corrected chi connectivity index (χ3v) is 3.24. The lowest BCUT2D eigenvalue weighted by Gasteiger charge is -2.14. The highest BCUT2D eigenvalue weighted by Gasteiger charge is 2.16. The predicted molar refractivity (Wildman–Crippen MR) is 82.3 cm³/mol. The van der Waals surface area contributed by atoms with Crippen molar-refractivity contribution in [2.45, 2.75) is 0 Å². The minimum absolute atomic E-state index is 0.0936. The van der Waals surface area contributed by atoms with E-state index in [1.54, 1.807) is 6.07 Å². The summed E-state index contributed by atoms with van der Waals surface area (Å²) in [6.07, 6.45) is 0. The third kappa shape index (κ3) is 3.19. The number of nitrogens with two attached hydrogens (primary N) is 1. The normalized spacial score (nSPS) is 9.95. The molecule has 21 heavy (non-hydrogen) atoms. The molecular formula is C14H9Cl2N3O2. The lowest BCUT2D eigenvalue weighted by molar-refractivity contribution is 0.0698. The molecule has 0 amide bonds. The second-order valence-corrected chi connectivity index (χ2v) is 5.00. The summed E-state index contributed by atoms with van der Waals surface area (Å²) in [4.78, 5) is 11.3. The van der Waals surface area contributed by atoms with Crippen LogP contribution >= 0.6 is 23.2 Å². The zero-order chi connectivity index (χ0) is 15.6. The second-order valence-electron chi connectivity index (χ2n) is 4.16. The van der Waals surface area contributed by atoms with Gasteiger partial charge in [-0.25, -0.2) is 4.79 Å².